The van der Waals surface area contributed by atoms with Crippen LogP contribution in [0.2, 0.25) is 0 Å². The van der Waals surface area contributed by atoms with E-state index in [1.165, 1.54) is 0 Å². The smallest absolute Gasteiger partial charge is 0.357 e. The number of hydrogen-bond acceptors (Lipinski definition) is 6. The van der Waals surface area contributed by atoms with E-state index in [-0.39, 0.29) is 12.3 Å². The number of hydrogen-bond donors (Lipinski definition) is 0. The first kappa shape index (κ1) is 24.3. The maximum atomic E-state index is 12.5. The SMILES string of the molecule is CCOC(=O)/C(=C/c1cc(N=C=Nc2ccc(C)cc2)ccc1C)N=C=Nc1ccc(C)cc1. The molecule has 34 heavy (non-hydrogen) atoms. The normalized spacial score (nSPS) is 10.5. The average molecular weight is 451 g/mol. The molecular formula is C28H26N4O2. The van der Waals surface area contributed by atoms with Crippen molar-refractivity contribution in [1.82, 2.24) is 0 Å². The van der Waals surface area contributed by atoms with Crippen LogP contribution in [0.3, 0.4) is 0 Å². The molecule has 0 saturated carbocycles. The predicted molar refractivity (Wildman–Crippen MR) is 137 cm³/mol. The van der Waals surface area contributed by atoms with Crippen LogP contribution < -0.4 is 0 Å². The third kappa shape index (κ3) is 7.35. The van der Waals surface area contributed by atoms with Crippen LogP contribution in [0.25, 0.3) is 6.08 Å². The van der Waals surface area contributed by atoms with E-state index in [2.05, 4.69) is 32.0 Å². The summed E-state index contributed by atoms with van der Waals surface area (Å²) in [5.41, 5.74) is 6.21. The average Bonchev–Trinajstić information content (AvgIpc) is 2.83. The summed E-state index contributed by atoms with van der Waals surface area (Å²) in [6, 6.07) is 26.3. The summed E-state index contributed by atoms with van der Waals surface area (Å²) in [5.74, 6) is -0.552. The van der Waals surface area contributed by atoms with Crippen molar-refractivity contribution >= 4 is 41.1 Å². The van der Waals surface area contributed by atoms with Gasteiger partial charge in [0.05, 0.1) is 23.7 Å². The third-order valence-corrected chi connectivity index (χ3v) is 4.82. The minimum atomic E-state index is -0.552. The van der Waals surface area contributed by atoms with E-state index in [0.717, 1.165) is 27.9 Å². The monoisotopic (exact) mass is 450 g/mol. The molecule has 0 heterocycles. The molecule has 170 valence electrons. The third-order valence-electron chi connectivity index (χ3n) is 4.82. The van der Waals surface area contributed by atoms with Crippen LogP contribution >= 0.6 is 0 Å². The highest BCUT2D eigenvalue weighted by Gasteiger charge is 2.10. The molecule has 3 aromatic carbocycles. The van der Waals surface area contributed by atoms with Gasteiger partial charge >= 0.3 is 5.97 Å². The maximum Gasteiger partial charge on any atom is 0.357 e. The van der Waals surface area contributed by atoms with E-state index in [1.807, 2.05) is 87.5 Å². The topological polar surface area (TPSA) is 75.7 Å². The molecule has 0 aromatic heterocycles. The molecule has 0 saturated heterocycles. The van der Waals surface area contributed by atoms with E-state index < -0.39 is 5.97 Å². The van der Waals surface area contributed by atoms with Gasteiger partial charge in [-0.1, -0.05) is 41.5 Å². The number of rotatable bonds is 7. The Labute approximate surface area is 199 Å². The van der Waals surface area contributed by atoms with Gasteiger partial charge < -0.3 is 4.74 Å². The minimum Gasteiger partial charge on any atom is -0.461 e. The van der Waals surface area contributed by atoms with Gasteiger partial charge in [0.25, 0.3) is 0 Å². The second-order valence-electron chi connectivity index (χ2n) is 7.61. The first-order valence-electron chi connectivity index (χ1n) is 10.9. The molecule has 6 nitrogen and oxygen atoms in total. The van der Waals surface area contributed by atoms with Crippen molar-refractivity contribution < 1.29 is 9.53 Å². The number of aliphatic imine (C=N–C) groups is 4. The highest BCUT2D eigenvalue weighted by atomic mass is 16.5. The lowest BCUT2D eigenvalue weighted by Crippen LogP contribution is -2.06. The predicted octanol–water partition coefficient (Wildman–Crippen LogP) is 7.16. The molecule has 0 radical (unpaired) electrons. The zero-order valence-corrected chi connectivity index (χ0v) is 19.7. The molecule has 0 unspecified atom stereocenters. The first-order valence-corrected chi connectivity index (χ1v) is 10.9. The zero-order valence-electron chi connectivity index (χ0n) is 19.7. The molecular weight excluding hydrogens is 424 g/mol. The zero-order chi connectivity index (χ0) is 24.3. The number of carbonyl (C=O) groups excluding carboxylic acids is 1. The fourth-order valence-corrected chi connectivity index (χ4v) is 2.86. The van der Waals surface area contributed by atoms with E-state index in [4.69, 9.17) is 4.74 Å². The first-order chi connectivity index (χ1) is 16.4. The molecule has 3 rings (SSSR count). The van der Waals surface area contributed by atoms with E-state index in [1.54, 1.807) is 13.0 Å². The van der Waals surface area contributed by atoms with Crippen molar-refractivity contribution in [1.29, 1.82) is 0 Å². The summed E-state index contributed by atoms with van der Waals surface area (Å²) < 4.78 is 5.15. The van der Waals surface area contributed by atoms with Crippen LogP contribution in [-0.2, 0) is 9.53 Å². The highest BCUT2D eigenvalue weighted by molar-refractivity contribution is 5.94. The van der Waals surface area contributed by atoms with Gasteiger partial charge in [-0.3, -0.25) is 0 Å². The molecule has 0 N–H and O–H groups in total. The Hall–Kier alpha value is -4.37. The lowest BCUT2D eigenvalue weighted by Gasteiger charge is -2.04. The van der Waals surface area contributed by atoms with Crippen LogP contribution in [0, 0.1) is 20.8 Å². The summed E-state index contributed by atoms with van der Waals surface area (Å²) in [6.07, 6.45) is 1.64. The van der Waals surface area contributed by atoms with Crippen molar-refractivity contribution in [2.45, 2.75) is 27.7 Å². The summed E-state index contributed by atoms with van der Waals surface area (Å²) >= 11 is 0. The summed E-state index contributed by atoms with van der Waals surface area (Å²) in [6.45, 7) is 7.93. The largest absolute Gasteiger partial charge is 0.461 e. The van der Waals surface area contributed by atoms with Gasteiger partial charge in [0.1, 0.15) is 12.0 Å². The Bertz CT molecular complexity index is 1310. The van der Waals surface area contributed by atoms with E-state index in [0.29, 0.717) is 11.4 Å². The van der Waals surface area contributed by atoms with Crippen molar-refractivity contribution in [3.63, 3.8) is 0 Å². The number of esters is 1. The molecule has 3 aromatic rings. The molecule has 0 aliphatic carbocycles. The summed E-state index contributed by atoms with van der Waals surface area (Å²) in [5, 5.41) is 0. The Morgan fingerprint density at radius 1 is 0.794 bits per heavy atom. The van der Waals surface area contributed by atoms with Crippen LogP contribution in [0.15, 0.2) is 92.4 Å². The minimum absolute atomic E-state index is 0.0928. The van der Waals surface area contributed by atoms with Gasteiger partial charge in [-0.15, -0.1) is 0 Å². The molecule has 0 aliphatic rings. The summed E-state index contributed by atoms with van der Waals surface area (Å²) in [7, 11) is 0. The Morgan fingerprint density at radius 3 is 1.91 bits per heavy atom. The lowest BCUT2D eigenvalue weighted by atomic mass is 10.1. The van der Waals surface area contributed by atoms with Crippen LogP contribution in [0.4, 0.5) is 17.1 Å². The lowest BCUT2D eigenvalue weighted by molar-refractivity contribution is -0.138. The highest BCUT2D eigenvalue weighted by Crippen LogP contribution is 2.21. The maximum absolute atomic E-state index is 12.5. The fourth-order valence-electron chi connectivity index (χ4n) is 2.86. The second kappa shape index (κ2) is 12.0. The number of benzene rings is 3. The van der Waals surface area contributed by atoms with E-state index in [9.17, 15) is 4.79 Å². The Kier molecular flexibility index (Phi) is 8.59. The number of ether oxygens (including phenoxy) is 1. The molecule has 0 amide bonds. The molecule has 0 bridgehead atoms. The molecule has 0 atom stereocenters. The van der Waals surface area contributed by atoms with Gasteiger partial charge in [0.2, 0.25) is 0 Å². The van der Waals surface area contributed by atoms with Gasteiger partial charge in [0, 0.05) is 0 Å². The van der Waals surface area contributed by atoms with Gasteiger partial charge in [-0.05, 0) is 81.3 Å². The number of nitrogens with zero attached hydrogens (tertiary/aromatic N) is 4. The van der Waals surface area contributed by atoms with Crippen LogP contribution in [-0.4, -0.2) is 24.6 Å². The van der Waals surface area contributed by atoms with Crippen LogP contribution in [0.1, 0.15) is 29.2 Å². The quantitative estimate of drug-likeness (QED) is 0.218. The van der Waals surface area contributed by atoms with Crippen molar-refractivity contribution in [2.24, 2.45) is 20.0 Å². The molecule has 0 spiro atoms. The second-order valence-corrected chi connectivity index (χ2v) is 7.61. The van der Waals surface area contributed by atoms with Gasteiger partial charge in [-0.2, -0.15) is 20.0 Å². The number of aryl methyl sites for hydroxylation is 3. The van der Waals surface area contributed by atoms with Crippen molar-refractivity contribution in [3.05, 3.63) is 94.7 Å². The van der Waals surface area contributed by atoms with Crippen molar-refractivity contribution in [3.8, 4) is 0 Å². The number of carbonyl (C=O) groups is 1. The molecule has 6 heteroatoms. The van der Waals surface area contributed by atoms with E-state index >= 15 is 0 Å². The standard InChI is InChI=1S/C28H26N4O2/c1-5-34-28(33)27(32-19-30-25-13-8-21(3)9-14-25)17-23-16-26(15-10-22(23)4)31-18-29-24-11-6-20(2)7-12-24/h6-17H,5H2,1-4H3/b27-17-. The van der Waals surface area contributed by atoms with Gasteiger partial charge in [0.15, 0.2) is 5.70 Å². The van der Waals surface area contributed by atoms with Crippen LogP contribution in [0.5, 0.6) is 0 Å². The molecule has 0 fully saturated rings. The summed E-state index contributed by atoms with van der Waals surface area (Å²) in [4.78, 5) is 29.3. The van der Waals surface area contributed by atoms with Gasteiger partial charge in [-0.25, -0.2) is 4.79 Å². The van der Waals surface area contributed by atoms with Crippen molar-refractivity contribution in [2.75, 3.05) is 6.61 Å². The Balaban J connectivity index is 1.90. The molecule has 0 aliphatic heterocycles. The fraction of sp³-hybridized carbons (Fsp3) is 0.179. The Morgan fingerprint density at radius 2 is 1.32 bits per heavy atom.